The monoisotopic (exact) mass is 368 g/mol. The lowest BCUT2D eigenvalue weighted by molar-refractivity contribution is -0.134. The Morgan fingerprint density at radius 2 is 1.96 bits per heavy atom. The normalized spacial score (nSPS) is 17.3. The highest BCUT2D eigenvalue weighted by Gasteiger charge is 2.33. The van der Waals surface area contributed by atoms with E-state index >= 15 is 0 Å². The summed E-state index contributed by atoms with van der Waals surface area (Å²) in [5.74, 6) is 0.143. The van der Waals surface area contributed by atoms with Crippen LogP contribution in [-0.4, -0.2) is 38.1 Å². The molecule has 0 bridgehead atoms. The van der Waals surface area contributed by atoms with Gasteiger partial charge in [-0.3, -0.25) is 14.3 Å². The van der Waals surface area contributed by atoms with Gasteiger partial charge in [0.2, 0.25) is 11.8 Å². The van der Waals surface area contributed by atoms with Crippen molar-refractivity contribution < 1.29 is 14.7 Å². The molecule has 7 nitrogen and oxygen atoms in total. The van der Waals surface area contributed by atoms with Crippen LogP contribution in [-0.2, 0) is 22.7 Å². The van der Waals surface area contributed by atoms with Crippen LogP contribution in [0.5, 0.6) is 0 Å². The average molecular weight is 368 g/mol. The van der Waals surface area contributed by atoms with E-state index in [1.165, 1.54) is 0 Å². The molecule has 1 aliphatic heterocycles. The van der Waals surface area contributed by atoms with E-state index < -0.39 is 6.10 Å². The van der Waals surface area contributed by atoms with E-state index in [0.717, 1.165) is 24.2 Å². The Kier molecular flexibility index (Phi) is 4.94. The van der Waals surface area contributed by atoms with Crippen LogP contribution in [0.3, 0.4) is 0 Å². The topological polar surface area (TPSA) is 87.5 Å². The summed E-state index contributed by atoms with van der Waals surface area (Å²) >= 11 is 0. The van der Waals surface area contributed by atoms with Gasteiger partial charge in [0.15, 0.2) is 0 Å². The van der Waals surface area contributed by atoms with Crippen LogP contribution in [0.1, 0.15) is 43.2 Å². The highest BCUT2D eigenvalue weighted by molar-refractivity contribution is 5.93. The van der Waals surface area contributed by atoms with Crippen molar-refractivity contribution in [1.82, 2.24) is 14.7 Å². The molecule has 7 heteroatoms. The van der Waals surface area contributed by atoms with E-state index in [0.29, 0.717) is 31.2 Å². The van der Waals surface area contributed by atoms with Gasteiger partial charge in [0.05, 0.1) is 24.5 Å². The highest BCUT2D eigenvalue weighted by Crippen LogP contribution is 2.40. The molecule has 1 atom stereocenters. The van der Waals surface area contributed by atoms with Gasteiger partial charge in [-0.15, -0.1) is 0 Å². The van der Waals surface area contributed by atoms with Gasteiger partial charge in [-0.05, 0) is 37.0 Å². The Balaban J connectivity index is 1.29. The number of anilines is 1. The molecule has 2 N–H and O–H groups in total. The molecule has 0 radical (unpaired) electrons. The number of carbonyl (C=O) groups is 2. The molecule has 2 aliphatic rings. The largest absolute Gasteiger partial charge is 0.386 e. The second-order valence-electron chi connectivity index (χ2n) is 7.30. The minimum atomic E-state index is -0.492. The maximum atomic E-state index is 12.5. The number of nitrogens with one attached hydrogen (secondary N) is 1. The van der Waals surface area contributed by atoms with Crippen molar-refractivity contribution in [3.8, 4) is 0 Å². The molecule has 2 amide bonds. The molecule has 0 spiro atoms. The van der Waals surface area contributed by atoms with Crippen molar-refractivity contribution in [2.45, 2.75) is 44.9 Å². The number of aliphatic hydroxyl groups is 1. The van der Waals surface area contributed by atoms with Gasteiger partial charge >= 0.3 is 0 Å². The molecule has 2 heterocycles. The fraction of sp³-hybridized carbons (Fsp3) is 0.450. The smallest absolute Gasteiger partial charge is 0.224 e. The number of carbonyl (C=O) groups excluding carboxylic acids is 2. The summed E-state index contributed by atoms with van der Waals surface area (Å²) in [5, 5.41) is 17.5. The SMILES string of the molecule is O=C(CCC(=O)N1CCn2nc(C(O)C3CC3)cc2C1)Nc1ccccc1. The van der Waals surface area contributed by atoms with Crippen molar-refractivity contribution in [3.05, 3.63) is 47.8 Å². The van der Waals surface area contributed by atoms with Crippen LogP contribution < -0.4 is 5.32 Å². The fourth-order valence-electron chi connectivity index (χ4n) is 3.42. The second-order valence-corrected chi connectivity index (χ2v) is 7.30. The first-order chi connectivity index (χ1) is 13.1. The summed E-state index contributed by atoms with van der Waals surface area (Å²) in [6, 6.07) is 11.1. The Morgan fingerprint density at radius 3 is 2.70 bits per heavy atom. The maximum absolute atomic E-state index is 12.5. The standard InChI is InChI=1S/C20H24N4O3/c25-18(21-15-4-2-1-3-5-15)8-9-19(26)23-10-11-24-16(13-23)12-17(22-24)20(27)14-6-7-14/h1-5,12,14,20,27H,6-11,13H2,(H,21,25). The minimum absolute atomic E-state index is 0.0325. The molecule has 27 heavy (non-hydrogen) atoms. The molecule has 1 saturated carbocycles. The zero-order valence-corrected chi connectivity index (χ0v) is 15.2. The van der Waals surface area contributed by atoms with Crippen LogP contribution in [0.25, 0.3) is 0 Å². The zero-order chi connectivity index (χ0) is 18.8. The molecule has 1 unspecified atom stereocenters. The molecular formula is C20H24N4O3. The summed E-state index contributed by atoms with van der Waals surface area (Å²) in [7, 11) is 0. The van der Waals surface area contributed by atoms with Crippen molar-refractivity contribution in [1.29, 1.82) is 0 Å². The number of hydrogen-bond donors (Lipinski definition) is 2. The fourth-order valence-corrected chi connectivity index (χ4v) is 3.42. The lowest BCUT2D eigenvalue weighted by Gasteiger charge is -2.27. The minimum Gasteiger partial charge on any atom is -0.386 e. The highest BCUT2D eigenvalue weighted by atomic mass is 16.3. The predicted molar refractivity (Wildman–Crippen MR) is 99.6 cm³/mol. The number of benzene rings is 1. The maximum Gasteiger partial charge on any atom is 0.224 e. The second kappa shape index (κ2) is 7.52. The van der Waals surface area contributed by atoms with Crippen LogP contribution in [0, 0.1) is 5.92 Å². The third-order valence-corrected chi connectivity index (χ3v) is 5.16. The van der Waals surface area contributed by atoms with Gasteiger partial charge in [0.1, 0.15) is 6.10 Å². The Morgan fingerprint density at radius 1 is 1.19 bits per heavy atom. The third-order valence-electron chi connectivity index (χ3n) is 5.16. The molecule has 2 aromatic rings. The zero-order valence-electron chi connectivity index (χ0n) is 15.2. The quantitative estimate of drug-likeness (QED) is 0.817. The van der Waals surface area contributed by atoms with Gasteiger partial charge < -0.3 is 15.3 Å². The first kappa shape index (κ1) is 17.7. The Bertz CT molecular complexity index is 829. The number of aromatic nitrogens is 2. The van der Waals surface area contributed by atoms with Crippen LogP contribution in [0.15, 0.2) is 36.4 Å². The molecule has 1 aliphatic carbocycles. The van der Waals surface area contributed by atoms with E-state index in [1.807, 2.05) is 41.1 Å². The Labute approximate surface area is 158 Å². The van der Waals surface area contributed by atoms with Gasteiger partial charge in [-0.2, -0.15) is 5.10 Å². The van der Waals surface area contributed by atoms with Crippen LogP contribution in [0.4, 0.5) is 5.69 Å². The molecule has 0 saturated heterocycles. The summed E-state index contributed by atoms with van der Waals surface area (Å²) in [6.07, 6.45) is 1.96. The van der Waals surface area contributed by atoms with Gasteiger partial charge in [-0.1, -0.05) is 18.2 Å². The molecule has 4 rings (SSSR count). The number of hydrogen-bond acceptors (Lipinski definition) is 4. The van der Waals surface area contributed by atoms with Gasteiger partial charge in [-0.25, -0.2) is 0 Å². The molecule has 1 fully saturated rings. The number of amides is 2. The molecular weight excluding hydrogens is 344 g/mol. The summed E-state index contributed by atoms with van der Waals surface area (Å²) in [4.78, 5) is 26.3. The summed E-state index contributed by atoms with van der Waals surface area (Å²) in [6.45, 7) is 1.67. The third kappa shape index (κ3) is 4.19. The first-order valence-corrected chi connectivity index (χ1v) is 9.47. The van der Waals surface area contributed by atoms with E-state index in [4.69, 9.17) is 0 Å². The number of para-hydroxylation sites is 1. The van der Waals surface area contributed by atoms with Crippen LogP contribution in [0.2, 0.25) is 0 Å². The Hall–Kier alpha value is -2.67. The van der Waals surface area contributed by atoms with E-state index in [-0.39, 0.29) is 24.7 Å². The van der Waals surface area contributed by atoms with E-state index in [9.17, 15) is 14.7 Å². The van der Waals surface area contributed by atoms with Crippen molar-refractivity contribution in [2.24, 2.45) is 5.92 Å². The van der Waals surface area contributed by atoms with E-state index in [1.54, 1.807) is 4.90 Å². The van der Waals surface area contributed by atoms with E-state index in [2.05, 4.69) is 10.4 Å². The number of rotatable bonds is 6. The number of nitrogens with zero attached hydrogens (tertiary/aromatic N) is 3. The van der Waals surface area contributed by atoms with Crippen molar-refractivity contribution in [3.63, 3.8) is 0 Å². The number of aliphatic hydroxyl groups excluding tert-OH is 1. The van der Waals surface area contributed by atoms with Gasteiger partial charge in [0.25, 0.3) is 0 Å². The first-order valence-electron chi connectivity index (χ1n) is 9.47. The van der Waals surface area contributed by atoms with Crippen LogP contribution >= 0.6 is 0 Å². The summed E-state index contributed by atoms with van der Waals surface area (Å²) < 4.78 is 1.88. The number of fused-ring (bicyclic) bond motifs is 1. The predicted octanol–water partition coefficient (Wildman–Crippen LogP) is 2.09. The molecule has 1 aromatic heterocycles. The van der Waals surface area contributed by atoms with Gasteiger partial charge in [0, 0.05) is 25.1 Å². The lowest BCUT2D eigenvalue weighted by atomic mass is 10.1. The molecule has 142 valence electrons. The lowest BCUT2D eigenvalue weighted by Crippen LogP contribution is -2.38. The van der Waals surface area contributed by atoms with Crippen molar-refractivity contribution in [2.75, 3.05) is 11.9 Å². The summed E-state index contributed by atoms with van der Waals surface area (Å²) in [5.41, 5.74) is 2.39. The van der Waals surface area contributed by atoms with Crippen molar-refractivity contribution >= 4 is 17.5 Å². The average Bonchev–Trinajstić information content (AvgIpc) is 3.44. The molecule has 1 aromatic carbocycles.